The number of hydrazine groups is 1. The normalized spacial score (nSPS) is 13.2. The highest BCUT2D eigenvalue weighted by Gasteiger charge is 2.15. The van der Waals surface area contributed by atoms with Gasteiger partial charge in [-0.15, -0.1) is 11.8 Å². The summed E-state index contributed by atoms with van der Waals surface area (Å²) in [4.78, 5) is 12.8. The lowest BCUT2D eigenvalue weighted by molar-refractivity contribution is 0.0952. The summed E-state index contributed by atoms with van der Waals surface area (Å²) in [6, 6.07) is 8.24. The Balaban J connectivity index is 1.71. The molecular formula is C15H16N2O2S. The second-order valence-corrected chi connectivity index (χ2v) is 5.85. The van der Waals surface area contributed by atoms with Crippen LogP contribution in [0.15, 0.2) is 39.8 Å². The van der Waals surface area contributed by atoms with Crippen LogP contribution in [0.3, 0.4) is 0 Å². The van der Waals surface area contributed by atoms with Crippen molar-refractivity contribution < 1.29 is 9.21 Å². The maximum absolute atomic E-state index is 11.6. The van der Waals surface area contributed by atoms with Crippen molar-refractivity contribution in [3.05, 3.63) is 53.0 Å². The van der Waals surface area contributed by atoms with E-state index in [1.807, 2.05) is 0 Å². The van der Waals surface area contributed by atoms with Gasteiger partial charge >= 0.3 is 0 Å². The number of nitrogen functional groups attached to an aromatic ring is 1. The minimum atomic E-state index is -0.316. The Morgan fingerprint density at radius 2 is 2.15 bits per heavy atom. The number of amides is 1. The van der Waals surface area contributed by atoms with Crippen LogP contribution < -0.4 is 11.3 Å². The molecule has 3 rings (SSSR count). The first-order valence-electron chi connectivity index (χ1n) is 6.60. The molecule has 1 heterocycles. The lowest BCUT2D eigenvalue weighted by atomic mass is 10.1. The Bertz CT molecular complexity index is 637. The zero-order valence-electron chi connectivity index (χ0n) is 11.0. The Labute approximate surface area is 121 Å². The van der Waals surface area contributed by atoms with Crippen LogP contribution in [0.1, 0.15) is 33.7 Å². The second-order valence-electron chi connectivity index (χ2n) is 4.80. The quantitative estimate of drug-likeness (QED) is 0.393. The average molecular weight is 288 g/mol. The lowest BCUT2D eigenvalue weighted by Gasteiger charge is -2.05. The summed E-state index contributed by atoms with van der Waals surface area (Å²) in [5, 5.41) is 0. The molecular weight excluding hydrogens is 272 g/mol. The number of nitrogens with one attached hydrogen (secondary N) is 1. The summed E-state index contributed by atoms with van der Waals surface area (Å²) in [7, 11) is 0. The molecule has 0 saturated heterocycles. The van der Waals surface area contributed by atoms with Crippen molar-refractivity contribution in [1.82, 2.24) is 5.43 Å². The molecule has 2 aromatic rings. The first kappa shape index (κ1) is 13.3. The molecule has 0 aliphatic heterocycles. The standard InChI is InChI=1S/C15H16N2O2S/c16-17-15(18)13-6-7-19-14(13)9-20-12-5-4-10-2-1-3-11(10)8-12/h4-8H,1-3,9,16H2,(H,17,18). The monoisotopic (exact) mass is 288 g/mol. The van der Waals surface area contributed by atoms with Gasteiger partial charge in [-0.05, 0) is 48.6 Å². The van der Waals surface area contributed by atoms with Crippen molar-refractivity contribution in [3.8, 4) is 0 Å². The van der Waals surface area contributed by atoms with Crippen LogP contribution in [0.25, 0.3) is 0 Å². The fourth-order valence-corrected chi connectivity index (χ4v) is 3.43. The van der Waals surface area contributed by atoms with Gasteiger partial charge in [-0.3, -0.25) is 10.2 Å². The first-order valence-corrected chi connectivity index (χ1v) is 7.58. The number of fused-ring (bicyclic) bond motifs is 1. The molecule has 0 atom stereocenters. The number of carbonyl (C=O) groups is 1. The van der Waals surface area contributed by atoms with Crippen LogP contribution in [0.5, 0.6) is 0 Å². The molecule has 5 heteroatoms. The lowest BCUT2D eigenvalue weighted by Crippen LogP contribution is -2.30. The molecule has 1 aromatic heterocycles. The molecule has 1 aliphatic carbocycles. The Morgan fingerprint density at radius 3 is 3.00 bits per heavy atom. The van der Waals surface area contributed by atoms with Gasteiger partial charge in [-0.1, -0.05) is 6.07 Å². The number of hydrogen-bond acceptors (Lipinski definition) is 4. The molecule has 1 aromatic carbocycles. The number of rotatable bonds is 4. The summed E-state index contributed by atoms with van der Waals surface area (Å²) >= 11 is 1.67. The molecule has 4 nitrogen and oxygen atoms in total. The Morgan fingerprint density at radius 1 is 1.30 bits per heavy atom. The number of hydrogen-bond donors (Lipinski definition) is 2. The van der Waals surface area contributed by atoms with E-state index in [-0.39, 0.29) is 5.91 Å². The molecule has 0 fully saturated rings. The second kappa shape index (κ2) is 5.73. The molecule has 1 aliphatic rings. The summed E-state index contributed by atoms with van der Waals surface area (Å²) in [5.74, 6) is 6.11. The van der Waals surface area contributed by atoms with E-state index < -0.39 is 0 Å². The van der Waals surface area contributed by atoms with Crippen LogP contribution in [0, 0.1) is 0 Å². The Hall–Kier alpha value is -1.72. The van der Waals surface area contributed by atoms with Crippen molar-refractivity contribution in [1.29, 1.82) is 0 Å². The van der Waals surface area contributed by atoms with Gasteiger partial charge in [0, 0.05) is 4.90 Å². The van der Waals surface area contributed by atoms with Crippen molar-refractivity contribution in [2.45, 2.75) is 29.9 Å². The third-order valence-electron chi connectivity index (χ3n) is 3.56. The van der Waals surface area contributed by atoms with E-state index in [0.29, 0.717) is 17.1 Å². The zero-order chi connectivity index (χ0) is 13.9. The van der Waals surface area contributed by atoms with E-state index in [1.54, 1.807) is 17.8 Å². The Kier molecular flexibility index (Phi) is 3.80. The first-order chi connectivity index (χ1) is 9.78. The van der Waals surface area contributed by atoms with Gasteiger partial charge in [-0.2, -0.15) is 0 Å². The van der Waals surface area contributed by atoms with Gasteiger partial charge in [0.15, 0.2) is 0 Å². The molecule has 0 saturated carbocycles. The largest absolute Gasteiger partial charge is 0.468 e. The maximum atomic E-state index is 11.6. The minimum absolute atomic E-state index is 0.316. The highest BCUT2D eigenvalue weighted by atomic mass is 32.2. The van der Waals surface area contributed by atoms with Gasteiger partial charge in [-0.25, -0.2) is 5.84 Å². The van der Waals surface area contributed by atoms with Crippen molar-refractivity contribution in [2.24, 2.45) is 5.84 Å². The fraction of sp³-hybridized carbons (Fsp3) is 0.267. The number of nitrogens with two attached hydrogens (primary N) is 1. The third-order valence-corrected chi connectivity index (χ3v) is 4.55. The van der Waals surface area contributed by atoms with E-state index in [9.17, 15) is 4.79 Å². The molecule has 0 radical (unpaired) electrons. The van der Waals surface area contributed by atoms with E-state index in [4.69, 9.17) is 10.3 Å². The molecule has 0 spiro atoms. The topological polar surface area (TPSA) is 68.3 Å². The highest BCUT2D eigenvalue weighted by molar-refractivity contribution is 7.98. The van der Waals surface area contributed by atoms with E-state index >= 15 is 0 Å². The maximum Gasteiger partial charge on any atom is 0.268 e. The predicted octanol–water partition coefficient (Wildman–Crippen LogP) is 2.66. The summed E-state index contributed by atoms with van der Waals surface area (Å²) in [6.45, 7) is 0. The zero-order valence-corrected chi connectivity index (χ0v) is 11.8. The number of aryl methyl sites for hydroxylation is 2. The molecule has 1 amide bonds. The van der Waals surface area contributed by atoms with E-state index in [2.05, 4.69) is 23.6 Å². The molecule has 0 unspecified atom stereocenters. The van der Waals surface area contributed by atoms with Gasteiger partial charge in [0.1, 0.15) is 5.76 Å². The molecule has 0 bridgehead atoms. The van der Waals surface area contributed by atoms with Gasteiger partial charge < -0.3 is 4.42 Å². The number of thioether (sulfide) groups is 1. The average Bonchev–Trinajstić information content (AvgIpc) is 3.12. The van der Waals surface area contributed by atoms with Crippen molar-refractivity contribution in [2.75, 3.05) is 0 Å². The van der Waals surface area contributed by atoms with Crippen molar-refractivity contribution in [3.63, 3.8) is 0 Å². The fourth-order valence-electron chi connectivity index (χ4n) is 2.52. The van der Waals surface area contributed by atoms with Gasteiger partial charge in [0.2, 0.25) is 0 Å². The van der Waals surface area contributed by atoms with E-state index in [0.717, 1.165) is 0 Å². The van der Waals surface area contributed by atoms with Crippen LogP contribution >= 0.6 is 11.8 Å². The van der Waals surface area contributed by atoms with Crippen LogP contribution in [0.2, 0.25) is 0 Å². The number of furan rings is 1. The van der Waals surface area contributed by atoms with Gasteiger partial charge in [0.25, 0.3) is 5.91 Å². The number of benzene rings is 1. The van der Waals surface area contributed by atoms with Gasteiger partial charge in [0.05, 0.1) is 17.6 Å². The summed E-state index contributed by atoms with van der Waals surface area (Å²) < 4.78 is 5.36. The highest BCUT2D eigenvalue weighted by Crippen LogP contribution is 2.30. The van der Waals surface area contributed by atoms with Crippen molar-refractivity contribution >= 4 is 17.7 Å². The summed E-state index contributed by atoms with van der Waals surface area (Å²) in [5.41, 5.74) is 5.55. The number of carbonyl (C=O) groups excluding carboxylic acids is 1. The third kappa shape index (κ3) is 2.59. The predicted molar refractivity (Wildman–Crippen MR) is 78.4 cm³/mol. The minimum Gasteiger partial charge on any atom is -0.468 e. The molecule has 20 heavy (non-hydrogen) atoms. The molecule has 104 valence electrons. The summed E-state index contributed by atoms with van der Waals surface area (Å²) in [6.07, 6.45) is 5.14. The smallest absolute Gasteiger partial charge is 0.268 e. The van der Waals surface area contributed by atoms with Crippen LogP contribution in [-0.4, -0.2) is 5.91 Å². The van der Waals surface area contributed by atoms with E-state index in [1.165, 1.54) is 41.5 Å². The molecule has 3 N–H and O–H groups in total. The SMILES string of the molecule is NNC(=O)c1ccoc1CSc1ccc2c(c1)CCC2. The van der Waals surface area contributed by atoms with Crippen LogP contribution in [0.4, 0.5) is 0 Å². The van der Waals surface area contributed by atoms with Crippen LogP contribution in [-0.2, 0) is 18.6 Å².